The number of alkyl halides is 3. The van der Waals surface area contributed by atoms with Crippen molar-refractivity contribution in [1.82, 2.24) is 15.1 Å². The number of carbonyl (C=O) groups excluding carboxylic acids is 2. The Morgan fingerprint density at radius 2 is 1.93 bits per heavy atom. The molecule has 0 bridgehead atoms. The summed E-state index contributed by atoms with van der Waals surface area (Å²) < 4.78 is 39.9. The van der Waals surface area contributed by atoms with Crippen LogP contribution >= 0.6 is 0 Å². The molecule has 1 fully saturated rings. The van der Waals surface area contributed by atoms with Crippen molar-refractivity contribution in [2.45, 2.75) is 32.0 Å². The van der Waals surface area contributed by atoms with Crippen molar-refractivity contribution in [2.24, 2.45) is 5.92 Å². The molecule has 1 N–H and O–H groups in total. The Morgan fingerprint density at radius 1 is 1.25 bits per heavy atom. The Balaban J connectivity index is 1.61. The van der Waals surface area contributed by atoms with Crippen LogP contribution in [0.4, 0.5) is 18.9 Å². The summed E-state index contributed by atoms with van der Waals surface area (Å²) in [4.78, 5) is 26.9. The van der Waals surface area contributed by atoms with Gasteiger partial charge < -0.3 is 10.2 Å². The van der Waals surface area contributed by atoms with Gasteiger partial charge in [0.2, 0.25) is 0 Å². The quantitative estimate of drug-likeness (QED) is 0.869. The van der Waals surface area contributed by atoms with Crippen molar-refractivity contribution in [3.8, 4) is 0 Å². The van der Waals surface area contributed by atoms with E-state index in [1.807, 2.05) is 6.92 Å². The summed E-state index contributed by atoms with van der Waals surface area (Å²) in [6.07, 6.45) is -0.889. The Hall–Kier alpha value is -2.84. The summed E-state index contributed by atoms with van der Waals surface area (Å²) in [7, 11) is 0. The number of nitrogens with one attached hydrogen (secondary N) is 1. The van der Waals surface area contributed by atoms with E-state index in [4.69, 9.17) is 0 Å². The van der Waals surface area contributed by atoms with Crippen molar-refractivity contribution in [1.29, 1.82) is 0 Å². The number of carbonyl (C=O) groups is 2. The molecule has 1 atom stereocenters. The molecule has 9 heteroatoms. The van der Waals surface area contributed by atoms with Crippen LogP contribution in [0.25, 0.3) is 0 Å². The molecule has 148 valence electrons. The highest BCUT2D eigenvalue weighted by molar-refractivity contribution is 6.12. The average Bonchev–Trinajstić information content (AvgIpc) is 3.37. The van der Waals surface area contributed by atoms with Gasteiger partial charge in [0.1, 0.15) is 5.69 Å². The van der Waals surface area contributed by atoms with E-state index in [9.17, 15) is 22.8 Å². The lowest BCUT2D eigenvalue weighted by Crippen LogP contribution is -2.43. The number of halogens is 3. The molecule has 28 heavy (non-hydrogen) atoms. The monoisotopic (exact) mass is 392 g/mol. The van der Waals surface area contributed by atoms with Crippen molar-refractivity contribution < 1.29 is 22.8 Å². The van der Waals surface area contributed by atoms with Crippen LogP contribution in [0.5, 0.6) is 0 Å². The van der Waals surface area contributed by atoms with Gasteiger partial charge in [-0.25, -0.2) is 0 Å². The zero-order chi connectivity index (χ0) is 20.1. The number of amides is 2. The van der Waals surface area contributed by atoms with Crippen LogP contribution in [0, 0.1) is 5.92 Å². The Bertz CT molecular complexity index is 916. The van der Waals surface area contributed by atoms with Gasteiger partial charge in [0.05, 0.1) is 23.4 Å². The van der Waals surface area contributed by atoms with Gasteiger partial charge in [-0.3, -0.25) is 14.3 Å². The number of fused-ring (bicyclic) bond motifs is 1. The SMILES string of the molecule is C[C@H]1CN(c2ccc(C(F)(F)F)cc2)C(=O)c2c(C(=O)NCC3CC3)cnn21. The van der Waals surface area contributed by atoms with E-state index < -0.39 is 17.6 Å². The maximum absolute atomic E-state index is 13.0. The maximum atomic E-state index is 13.0. The molecular formula is C19H19F3N4O2. The average molecular weight is 392 g/mol. The van der Waals surface area contributed by atoms with Crippen LogP contribution in [0.1, 0.15) is 52.2 Å². The molecule has 0 radical (unpaired) electrons. The number of benzene rings is 1. The molecule has 6 nitrogen and oxygen atoms in total. The van der Waals surface area contributed by atoms with Crippen LogP contribution in [0.3, 0.4) is 0 Å². The maximum Gasteiger partial charge on any atom is 0.416 e. The predicted octanol–water partition coefficient (Wildman–Crippen LogP) is 3.26. The fourth-order valence-corrected chi connectivity index (χ4v) is 3.34. The van der Waals surface area contributed by atoms with Crippen LogP contribution in [0.2, 0.25) is 0 Å². The van der Waals surface area contributed by atoms with Crippen molar-refractivity contribution in [3.05, 3.63) is 47.3 Å². The van der Waals surface area contributed by atoms with Crippen molar-refractivity contribution in [2.75, 3.05) is 18.0 Å². The third-order valence-corrected chi connectivity index (χ3v) is 5.11. The topological polar surface area (TPSA) is 67.2 Å². The summed E-state index contributed by atoms with van der Waals surface area (Å²) in [5.41, 5.74) is -0.0818. The minimum Gasteiger partial charge on any atom is -0.352 e. The molecular weight excluding hydrogens is 373 g/mol. The van der Waals surface area contributed by atoms with Gasteiger partial charge in [0, 0.05) is 18.8 Å². The van der Waals surface area contributed by atoms with Gasteiger partial charge in [-0.2, -0.15) is 18.3 Å². The van der Waals surface area contributed by atoms with Crippen LogP contribution in [-0.2, 0) is 6.18 Å². The Kier molecular flexibility index (Phi) is 4.40. The highest BCUT2D eigenvalue weighted by Crippen LogP contribution is 2.33. The van der Waals surface area contributed by atoms with Gasteiger partial charge in [-0.15, -0.1) is 0 Å². The second-order valence-corrected chi connectivity index (χ2v) is 7.31. The molecule has 2 aromatic rings. The number of nitrogens with zero attached hydrogens (tertiary/aromatic N) is 3. The molecule has 0 saturated heterocycles. The van der Waals surface area contributed by atoms with E-state index in [-0.39, 0.29) is 29.8 Å². The largest absolute Gasteiger partial charge is 0.416 e. The van der Waals surface area contributed by atoms with E-state index in [0.717, 1.165) is 25.0 Å². The first-order chi connectivity index (χ1) is 13.3. The molecule has 0 unspecified atom stereocenters. The molecule has 4 rings (SSSR count). The van der Waals surface area contributed by atoms with Gasteiger partial charge in [0.25, 0.3) is 11.8 Å². The Morgan fingerprint density at radius 3 is 2.54 bits per heavy atom. The van der Waals surface area contributed by atoms with Crippen molar-refractivity contribution in [3.63, 3.8) is 0 Å². The van der Waals surface area contributed by atoms with E-state index >= 15 is 0 Å². The molecule has 2 amide bonds. The lowest BCUT2D eigenvalue weighted by Gasteiger charge is -2.32. The highest BCUT2D eigenvalue weighted by Gasteiger charge is 2.36. The molecule has 1 saturated carbocycles. The smallest absolute Gasteiger partial charge is 0.352 e. The number of hydrogen-bond acceptors (Lipinski definition) is 3. The fourth-order valence-electron chi connectivity index (χ4n) is 3.34. The van der Waals surface area contributed by atoms with Crippen LogP contribution in [0.15, 0.2) is 30.5 Å². The normalized spacial score (nSPS) is 19.5. The minimum absolute atomic E-state index is 0.159. The summed E-state index contributed by atoms with van der Waals surface area (Å²) in [5.74, 6) is -0.316. The number of aromatic nitrogens is 2. The van der Waals surface area contributed by atoms with Crippen LogP contribution in [-0.4, -0.2) is 34.7 Å². The first kappa shape index (κ1) is 18.5. The third kappa shape index (κ3) is 3.36. The second kappa shape index (κ2) is 6.65. The predicted molar refractivity (Wildman–Crippen MR) is 95.1 cm³/mol. The fraction of sp³-hybridized carbons (Fsp3) is 0.421. The van der Waals surface area contributed by atoms with Gasteiger partial charge in [-0.1, -0.05) is 0 Å². The van der Waals surface area contributed by atoms with Crippen LogP contribution < -0.4 is 10.2 Å². The first-order valence-electron chi connectivity index (χ1n) is 9.10. The Labute approximate surface area is 159 Å². The molecule has 1 aromatic heterocycles. The molecule has 0 spiro atoms. The standard InChI is InChI=1S/C19H19F3N4O2/c1-11-10-25(14-6-4-13(5-7-14)19(20,21)22)18(28)16-15(9-24-26(11)16)17(27)23-8-12-2-3-12/h4-7,9,11-12H,2-3,8,10H2,1H3,(H,23,27)/t11-/m0/s1. The molecule has 2 heterocycles. The molecule has 2 aliphatic rings. The second-order valence-electron chi connectivity index (χ2n) is 7.31. The molecule has 1 aliphatic carbocycles. The lowest BCUT2D eigenvalue weighted by atomic mass is 10.1. The van der Waals surface area contributed by atoms with Crippen molar-refractivity contribution >= 4 is 17.5 Å². The number of anilines is 1. The van der Waals surface area contributed by atoms with Gasteiger partial charge in [0.15, 0.2) is 0 Å². The zero-order valence-electron chi connectivity index (χ0n) is 15.2. The van der Waals surface area contributed by atoms with E-state index in [1.54, 1.807) is 0 Å². The third-order valence-electron chi connectivity index (χ3n) is 5.11. The summed E-state index contributed by atoms with van der Waals surface area (Å²) in [6.45, 7) is 2.66. The molecule has 1 aliphatic heterocycles. The number of hydrogen-bond donors (Lipinski definition) is 1. The first-order valence-corrected chi connectivity index (χ1v) is 9.10. The van der Waals surface area contributed by atoms with E-state index in [0.29, 0.717) is 18.2 Å². The summed E-state index contributed by atoms with van der Waals surface area (Å²) >= 11 is 0. The van der Waals surface area contributed by atoms with Gasteiger partial charge in [-0.05, 0) is 49.9 Å². The van der Waals surface area contributed by atoms with Gasteiger partial charge >= 0.3 is 6.18 Å². The zero-order valence-corrected chi connectivity index (χ0v) is 15.2. The summed E-state index contributed by atoms with van der Waals surface area (Å²) in [6, 6.07) is 4.21. The summed E-state index contributed by atoms with van der Waals surface area (Å²) in [5, 5.41) is 7.01. The van der Waals surface area contributed by atoms with E-state index in [2.05, 4.69) is 10.4 Å². The highest BCUT2D eigenvalue weighted by atomic mass is 19.4. The lowest BCUT2D eigenvalue weighted by molar-refractivity contribution is -0.137. The molecule has 1 aromatic carbocycles. The van der Waals surface area contributed by atoms with E-state index in [1.165, 1.54) is 27.9 Å². The minimum atomic E-state index is -4.44. The number of rotatable bonds is 4.